The van der Waals surface area contributed by atoms with E-state index in [0.717, 1.165) is 4.90 Å². The van der Waals surface area contributed by atoms with Gasteiger partial charge in [0.25, 0.3) is 11.7 Å². The van der Waals surface area contributed by atoms with Gasteiger partial charge >= 0.3 is 12.1 Å². The summed E-state index contributed by atoms with van der Waals surface area (Å²) in [6.45, 7) is 7.58. The molecular weight excluding hydrogens is 441 g/mol. The predicted molar refractivity (Wildman–Crippen MR) is 118 cm³/mol. The zero-order valence-corrected chi connectivity index (χ0v) is 17.6. The van der Waals surface area contributed by atoms with Crippen LogP contribution in [0.5, 0.6) is 5.75 Å². The van der Waals surface area contributed by atoms with Crippen LogP contribution < -0.4 is 9.64 Å². The summed E-state index contributed by atoms with van der Waals surface area (Å²) < 4.78 is 18.5. The normalized spacial score (nSPS) is 22.9. The van der Waals surface area contributed by atoms with Gasteiger partial charge in [0.1, 0.15) is 29.5 Å². The number of fused-ring (bicyclic) bond motifs is 6. The third-order valence-corrected chi connectivity index (χ3v) is 6.62. The average Bonchev–Trinajstić information content (AvgIpc) is 3.51. The van der Waals surface area contributed by atoms with Gasteiger partial charge in [-0.25, -0.2) is 18.9 Å². The first kappa shape index (κ1) is 20.1. The van der Waals surface area contributed by atoms with Crippen molar-refractivity contribution in [2.75, 3.05) is 11.4 Å². The lowest BCUT2D eigenvalue weighted by molar-refractivity contribution is -0.121. The Morgan fingerprint density at radius 1 is 1.12 bits per heavy atom. The molecule has 168 valence electrons. The highest BCUT2D eigenvalue weighted by Crippen LogP contribution is 2.44. The number of ether oxygens (including phenoxy) is 1. The molecule has 3 aromatic rings. The number of pyridine rings is 1. The number of rotatable bonds is 2. The van der Waals surface area contributed by atoms with Crippen molar-refractivity contribution in [2.45, 2.75) is 24.5 Å². The number of hydrogen-bond acceptors (Lipinski definition) is 5. The molecule has 6 rings (SSSR count). The molecule has 2 unspecified atom stereocenters. The number of halogens is 1. The van der Waals surface area contributed by atoms with Gasteiger partial charge in [-0.3, -0.25) is 4.79 Å². The average molecular weight is 457 g/mol. The number of likely N-dealkylation sites (tertiary alicyclic amines) is 1. The quantitative estimate of drug-likeness (QED) is 0.433. The van der Waals surface area contributed by atoms with Gasteiger partial charge in [-0.2, -0.15) is 0 Å². The number of hydrogen-bond donors (Lipinski definition) is 0. The Morgan fingerprint density at radius 2 is 1.85 bits per heavy atom. The van der Waals surface area contributed by atoms with Gasteiger partial charge in [0, 0.05) is 17.3 Å². The molecule has 3 aliphatic rings. The number of piperazine rings is 1. The second-order valence-electron chi connectivity index (χ2n) is 8.36. The Bertz CT molecular complexity index is 1420. The fourth-order valence-electron chi connectivity index (χ4n) is 5.18. The minimum absolute atomic E-state index is 0.189. The highest BCUT2D eigenvalue weighted by Gasteiger charge is 2.63. The first-order valence-corrected chi connectivity index (χ1v) is 10.6. The summed E-state index contributed by atoms with van der Waals surface area (Å²) in [6, 6.07) is 9.94. The van der Waals surface area contributed by atoms with Gasteiger partial charge in [0.15, 0.2) is 0 Å². The molecule has 9 nitrogen and oxygen atoms in total. The van der Waals surface area contributed by atoms with Crippen molar-refractivity contribution in [3.63, 3.8) is 0 Å². The minimum Gasteiger partial charge on any atom is -0.410 e. The molecule has 3 aliphatic heterocycles. The van der Waals surface area contributed by atoms with Crippen molar-refractivity contribution in [1.29, 1.82) is 0 Å². The molecular formula is C24H16FN5O4. The van der Waals surface area contributed by atoms with Gasteiger partial charge in [0.2, 0.25) is 0 Å². The van der Waals surface area contributed by atoms with E-state index in [-0.39, 0.29) is 24.2 Å². The van der Waals surface area contributed by atoms with Crippen LogP contribution >= 0.6 is 0 Å². The van der Waals surface area contributed by atoms with Crippen LogP contribution in [0.25, 0.3) is 15.6 Å². The minimum atomic E-state index is -0.827. The van der Waals surface area contributed by atoms with E-state index in [0.29, 0.717) is 22.9 Å². The third kappa shape index (κ3) is 2.76. The Morgan fingerprint density at radius 3 is 2.59 bits per heavy atom. The molecule has 1 aromatic heterocycles. The van der Waals surface area contributed by atoms with Crippen LogP contribution in [0.2, 0.25) is 0 Å². The maximum absolute atomic E-state index is 13.5. The lowest BCUT2D eigenvalue weighted by Crippen LogP contribution is -2.55. The third-order valence-electron chi connectivity index (χ3n) is 6.62. The fourth-order valence-corrected chi connectivity index (χ4v) is 5.18. The highest BCUT2D eigenvalue weighted by molar-refractivity contribution is 6.25. The van der Waals surface area contributed by atoms with Gasteiger partial charge in [-0.15, -0.1) is 4.98 Å². The van der Waals surface area contributed by atoms with Gasteiger partial charge in [0.05, 0.1) is 12.1 Å². The topological polar surface area (TPSA) is 87.4 Å². The summed E-state index contributed by atoms with van der Waals surface area (Å²) in [7, 11) is 0. The molecule has 3 fully saturated rings. The van der Waals surface area contributed by atoms with E-state index in [4.69, 9.17) is 11.3 Å². The Kier molecular flexibility index (Phi) is 4.29. The lowest BCUT2D eigenvalue weighted by atomic mass is 10.1. The van der Waals surface area contributed by atoms with E-state index in [1.165, 1.54) is 40.3 Å². The predicted octanol–water partition coefficient (Wildman–Crippen LogP) is 3.72. The molecule has 0 radical (unpaired) electrons. The van der Waals surface area contributed by atoms with Crippen LogP contribution in [0.15, 0.2) is 54.7 Å². The zero-order chi connectivity index (χ0) is 23.6. The second-order valence-corrected chi connectivity index (χ2v) is 8.36. The first-order chi connectivity index (χ1) is 16.5. The van der Waals surface area contributed by atoms with E-state index in [1.54, 1.807) is 24.3 Å². The highest BCUT2D eigenvalue weighted by atomic mass is 19.1. The number of anilines is 1. The van der Waals surface area contributed by atoms with Crippen molar-refractivity contribution in [2.24, 2.45) is 0 Å². The van der Waals surface area contributed by atoms with Crippen LogP contribution in [0.3, 0.4) is 0 Å². The summed E-state index contributed by atoms with van der Waals surface area (Å²) >= 11 is 0. The molecule has 2 aromatic carbocycles. The van der Waals surface area contributed by atoms with Gasteiger partial charge in [-0.05, 0) is 30.7 Å². The number of benzene rings is 2. The molecule has 2 bridgehead atoms. The van der Waals surface area contributed by atoms with Gasteiger partial charge in [-0.1, -0.05) is 30.8 Å². The SMILES string of the molecule is [C-]#[N+]c1ncc(N2C(=O)[C@H]3C4CC(CN4C(=O)Oc4ccc(F)cc4)N3C2=O)c2ccccc12. The summed E-state index contributed by atoms with van der Waals surface area (Å²) in [5, 5.41) is 1.13. The molecule has 0 saturated carbocycles. The monoisotopic (exact) mass is 457 g/mol. The first-order valence-electron chi connectivity index (χ1n) is 10.6. The number of aromatic nitrogens is 1. The number of carbonyl (C=O) groups is 3. The van der Waals surface area contributed by atoms with Crippen LogP contribution in [-0.4, -0.2) is 57.5 Å². The maximum atomic E-state index is 13.5. The number of amides is 4. The van der Waals surface area contributed by atoms with Crippen molar-refractivity contribution >= 4 is 40.3 Å². The van der Waals surface area contributed by atoms with Gasteiger partial charge < -0.3 is 19.4 Å². The fraction of sp³-hybridized carbons (Fsp3) is 0.208. The Hall–Kier alpha value is -4.52. The summed E-state index contributed by atoms with van der Waals surface area (Å²) in [6.07, 6.45) is 1.20. The van der Waals surface area contributed by atoms with E-state index in [2.05, 4.69) is 9.83 Å². The number of imide groups is 1. The molecule has 4 amide bonds. The zero-order valence-electron chi connectivity index (χ0n) is 17.6. The second kappa shape index (κ2) is 7.25. The molecule has 0 aliphatic carbocycles. The van der Waals surface area contributed by atoms with Crippen molar-refractivity contribution < 1.29 is 23.5 Å². The smallest absolute Gasteiger partial charge is 0.410 e. The van der Waals surface area contributed by atoms with Crippen molar-refractivity contribution in [3.05, 3.63) is 72.0 Å². The van der Waals surface area contributed by atoms with Crippen molar-refractivity contribution in [3.8, 4) is 5.75 Å². The van der Waals surface area contributed by atoms with Crippen LogP contribution in [0.4, 0.5) is 25.5 Å². The van der Waals surface area contributed by atoms with Crippen LogP contribution in [-0.2, 0) is 4.79 Å². The van der Waals surface area contributed by atoms with Crippen molar-refractivity contribution in [1.82, 2.24) is 14.8 Å². The molecule has 34 heavy (non-hydrogen) atoms. The molecule has 3 saturated heterocycles. The molecule has 4 heterocycles. The molecule has 10 heteroatoms. The summed E-state index contributed by atoms with van der Waals surface area (Å²) in [4.78, 5) is 51.3. The molecule has 0 N–H and O–H groups in total. The van der Waals surface area contributed by atoms with E-state index in [1.807, 2.05) is 0 Å². The lowest BCUT2D eigenvalue weighted by Gasteiger charge is -2.34. The number of urea groups is 1. The number of nitrogens with zero attached hydrogens (tertiary/aromatic N) is 5. The maximum Gasteiger partial charge on any atom is 0.415 e. The Balaban J connectivity index is 1.31. The largest absolute Gasteiger partial charge is 0.415 e. The number of carbonyl (C=O) groups excluding carboxylic acids is 3. The Labute approximate surface area is 192 Å². The molecule has 3 atom stereocenters. The van der Waals surface area contributed by atoms with Crippen LogP contribution in [0, 0.1) is 12.4 Å². The van der Waals surface area contributed by atoms with Crippen LogP contribution in [0.1, 0.15) is 6.42 Å². The summed E-state index contributed by atoms with van der Waals surface area (Å²) in [5.74, 6) is -0.510. The van der Waals surface area contributed by atoms with E-state index >= 15 is 0 Å². The molecule has 0 spiro atoms. The van der Waals surface area contributed by atoms with E-state index in [9.17, 15) is 18.8 Å². The summed E-state index contributed by atoms with van der Waals surface area (Å²) in [5.41, 5.74) is 0.312. The van der Waals surface area contributed by atoms with E-state index < -0.39 is 35.9 Å². The standard InChI is InChI=1S/C24H16FN5O4/c1-26-21-17-5-3-2-4-16(17)19(11-27-21)30-22(31)20-18-10-14(29(20)23(30)32)12-28(18)24(33)34-15-8-6-13(25)7-9-15/h2-9,11,14,18,20H,10,12H2/t14?,18?,20-/m1/s1.